The highest BCUT2D eigenvalue weighted by atomic mass is 35.5. The van der Waals surface area contributed by atoms with E-state index in [1.807, 2.05) is 19.1 Å². The van der Waals surface area contributed by atoms with Crippen LogP contribution in [0.25, 0.3) is 5.69 Å². The zero-order valence-corrected chi connectivity index (χ0v) is 15.6. The minimum Gasteiger partial charge on any atom is -0.353 e. The SMILES string of the molecule is CC(C)CC[C@@H](C)NC(=O)CSc1nnnn1-c1cccc(Cl)c1. The summed E-state index contributed by atoms with van der Waals surface area (Å²) in [4.78, 5) is 12.1. The van der Waals surface area contributed by atoms with E-state index in [0.717, 1.165) is 18.5 Å². The third kappa shape index (κ3) is 5.79. The van der Waals surface area contributed by atoms with Crippen LogP contribution in [0.5, 0.6) is 0 Å². The van der Waals surface area contributed by atoms with Gasteiger partial charge >= 0.3 is 0 Å². The lowest BCUT2D eigenvalue weighted by molar-refractivity contribution is -0.119. The summed E-state index contributed by atoms with van der Waals surface area (Å²) in [7, 11) is 0. The zero-order valence-electron chi connectivity index (χ0n) is 14.1. The molecule has 8 heteroatoms. The summed E-state index contributed by atoms with van der Waals surface area (Å²) in [5.74, 6) is 0.894. The van der Waals surface area contributed by atoms with Crippen LogP contribution in [0.2, 0.25) is 5.02 Å². The van der Waals surface area contributed by atoms with Crippen molar-refractivity contribution < 1.29 is 4.79 Å². The molecule has 0 spiro atoms. The molecule has 1 heterocycles. The Bertz CT molecular complexity index is 676. The summed E-state index contributed by atoms with van der Waals surface area (Å²) >= 11 is 7.30. The van der Waals surface area contributed by atoms with E-state index >= 15 is 0 Å². The molecule has 1 atom stereocenters. The molecule has 2 aromatic rings. The van der Waals surface area contributed by atoms with Gasteiger partial charge < -0.3 is 5.32 Å². The second-order valence-corrected chi connectivity index (χ2v) is 7.46. The van der Waals surface area contributed by atoms with Gasteiger partial charge in [0.25, 0.3) is 0 Å². The number of tetrazole rings is 1. The highest BCUT2D eigenvalue weighted by molar-refractivity contribution is 7.99. The molecule has 0 bridgehead atoms. The van der Waals surface area contributed by atoms with Crippen LogP contribution in [-0.4, -0.2) is 37.9 Å². The molecule has 1 aromatic carbocycles. The topological polar surface area (TPSA) is 72.7 Å². The zero-order chi connectivity index (χ0) is 17.5. The summed E-state index contributed by atoms with van der Waals surface area (Å²) in [6.45, 7) is 6.39. The molecule has 6 nitrogen and oxygen atoms in total. The highest BCUT2D eigenvalue weighted by Gasteiger charge is 2.13. The fourth-order valence-corrected chi connectivity index (χ4v) is 3.03. The monoisotopic (exact) mass is 367 g/mol. The molecule has 1 N–H and O–H groups in total. The summed E-state index contributed by atoms with van der Waals surface area (Å²) in [6.07, 6.45) is 2.08. The summed E-state index contributed by atoms with van der Waals surface area (Å²) in [6, 6.07) is 7.42. The van der Waals surface area contributed by atoms with Crippen LogP contribution >= 0.6 is 23.4 Å². The lowest BCUT2D eigenvalue weighted by Gasteiger charge is -2.14. The van der Waals surface area contributed by atoms with Crippen molar-refractivity contribution in [2.24, 2.45) is 5.92 Å². The molecule has 0 saturated carbocycles. The second kappa shape index (κ2) is 9.03. The number of carbonyl (C=O) groups excluding carboxylic acids is 1. The molecular formula is C16H22ClN5OS. The van der Waals surface area contributed by atoms with E-state index in [9.17, 15) is 4.79 Å². The third-order valence-corrected chi connectivity index (χ3v) is 4.56. The van der Waals surface area contributed by atoms with Gasteiger partial charge in [0.2, 0.25) is 11.1 Å². The predicted octanol–water partition coefficient (Wildman–Crippen LogP) is 3.35. The van der Waals surface area contributed by atoms with Crippen molar-refractivity contribution >= 4 is 29.3 Å². The van der Waals surface area contributed by atoms with Crippen LogP contribution in [-0.2, 0) is 4.79 Å². The number of hydrogen-bond acceptors (Lipinski definition) is 5. The summed E-state index contributed by atoms with van der Waals surface area (Å²) < 4.78 is 1.58. The number of aromatic nitrogens is 4. The normalized spacial score (nSPS) is 12.4. The number of nitrogens with one attached hydrogen (secondary N) is 1. The van der Waals surface area contributed by atoms with Gasteiger partial charge in [-0.15, -0.1) is 5.10 Å². The van der Waals surface area contributed by atoms with Crippen LogP contribution < -0.4 is 5.32 Å². The lowest BCUT2D eigenvalue weighted by atomic mass is 10.0. The standard InChI is InChI=1S/C16H22ClN5OS/c1-11(2)7-8-12(3)18-15(23)10-24-16-19-20-21-22(16)14-6-4-5-13(17)9-14/h4-6,9,11-12H,7-8,10H2,1-3H3,(H,18,23)/t12-/m1/s1. The number of rotatable bonds is 8. The first-order valence-corrected chi connectivity index (χ1v) is 9.28. The predicted molar refractivity (Wildman–Crippen MR) is 96.6 cm³/mol. The van der Waals surface area contributed by atoms with E-state index < -0.39 is 0 Å². The van der Waals surface area contributed by atoms with Gasteiger partial charge in [-0.25, -0.2) is 0 Å². The maximum atomic E-state index is 12.1. The molecule has 130 valence electrons. The van der Waals surface area contributed by atoms with Crippen molar-refractivity contribution in [2.45, 2.75) is 44.8 Å². The van der Waals surface area contributed by atoms with Gasteiger partial charge in [-0.2, -0.15) is 4.68 Å². The van der Waals surface area contributed by atoms with Crippen LogP contribution in [0, 0.1) is 5.92 Å². The number of halogens is 1. The van der Waals surface area contributed by atoms with Crippen LogP contribution in [0.3, 0.4) is 0 Å². The largest absolute Gasteiger partial charge is 0.353 e. The molecule has 1 aromatic heterocycles. The smallest absolute Gasteiger partial charge is 0.230 e. The Morgan fingerprint density at radius 1 is 1.33 bits per heavy atom. The van der Waals surface area contributed by atoms with Crippen molar-refractivity contribution in [3.63, 3.8) is 0 Å². The molecular weight excluding hydrogens is 346 g/mol. The Balaban J connectivity index is 1.89. The van der Waals surface area contributed by atoms with E-state index in [1.54, 1.807) is 16.8 Å². The quantitative estimate of drug-likeness (QED) is 0.724. The Morgan fingerprint density at radius 2 is 2.12 bits per heavy atom. The maximum Gasteiger partial charge on any atom is 0.230 e. The average molecular weight is 368 g/mol. The Hall–Kier alpha value is -1.60. The van der Waals surface area contributed by atoms with Gasteiger partial charge in [0.1, 0.15) is 0 Å². The summed E-state index contributed by atoms with van der Waals surface area (Å²) in [5.41, 5.74) is 0.765. The van der Waals surface area contributed by atoms with Crippen LogP contribution in [0.4, 0.5) is 0 Å². The Kier molecular flexibility index (Phi) is 7.05. The fourth-order valence-electron chi connectivity index (χ4n) is 2.14. The van der Waals surface area contributed by atoms with Gasteiger partial charge in [-0.3, -0.25) is 4.79 Å². The van der Waals surface area contributed by atoms with E-state index in [1.165, 1.54) is 11.8 Å². The van der Waals surface area contributed by atoms with Gasteiger partial charge in [-0.05, 0) is 54.3 Å². The minimum absolute atomic E-state index is 0.0168. The molecule has 1 amide bonds. The molecule has 0 saturated heterocycles. The first kappa shape index (κ1) is 18.7. The molecule has 2 rings (SSSR count). The highest BCUT2D eigenvalue weighted by Crippen LogP contribution is 2.20. The second-order valence-electron chi connectivity index (χ2n) is 6.08. The van der Waals surface area contributed by atoms with E-state index in [-0.39, 0.29) is 17.7 Å². The van der Waals surface area contributed by atoms with Crippen molar-refractivity contribution in [1.82, 2.24) is 25.5 Å². The average Bonchev–Trinajstić information content (AvgIpc) is 2.99. The van der Waals surface area contributed by atoms with Crippen LogP contribution in [0.15, 0.2) is 29.4 Å². The van der Waals surface area contributed by atoms with Crippen molar-refractivity contribution in [2.75, 3.05) is 5.75 Å². The summed E-state index contributed by atoms with van der Waals surface area (Å²) in [5, 5.41) is 15.8. The maximum absolute atomic E-state index is 12.1. The van der Waals surface area contributed by atoms with Crippen molar-refractivity contribution in [1.29, 1.82) is 0 Å². The molecule has 0 fully saturated rings. The minimum atomic E-state index is -0.0168. The first-order chi connectivity index (χ1) is 11.5. The van der Waals surface area contributed by atoms with E-state index in [2.05, 4.69) is 34.7 Å². The van der Waals surface area contributed by atoms with Crippen molar-refractivity contribution in [3.05, 3.63) is 29.3 Å². The van der Waals surface area contributed by atoms with E-state index in [4.69, 9.17) is 11.6 Å². The van der Waals surface area contributed by atoms with Gasteiger partial charge in [0.15, 0.2) is 0 Å². The number of benzene rings is 1. The molecule has 0 unspecified atom stereocenters. The van der Waals surface area contributed by atoms with E-state index in [0.29, 0.717) is 16.1 Å². The van der Waals surface area contributed by atoms with Crippen molar-refractivity contribution in [3.8, 4) is 5.69 Å². The number of thioether (sulfide) groups is 1. The van der Waals surface area contributed by atoms with Gasteiger partial charge in [0.05, 0.1) is 11.4 Å². The third-order valence-electron chi connectivity index (χ3n) is 3.41. The molecule has 0 aliphatic rings. The van der Waals surface area contributed by atoms with Crippen LogP contribution in [0.1, 0.15) is 33.6 Å². The van der Waals surface area contributed by atoms with Gasteiger partial charge in [0, 0.05) is 11.1 Å². The van der Waals surface area contributed by atoms with Gasteiger partial charge in [-0.1, -0.05) is 43.3 Å². The number of amides is 1. The Labute approximate surface area is 151 Å². The molecule has 0 aliphatic heterocycles. The first-order valence-electron chi connectivity index (χ1n) is 7.92. The number of carbonyl (C=O) groups is 1. The fraction of sp³-hybridized carbons (Fsp3) is 0.500. The molecule has 24 heavy (non-hydrogen) atoms. The number of nitrogens with zero attached hydrogens (tertiary/aromatic N) is 4. The Morgan fingerprint density at radius 3 is 2.83 bits per heavy atom. The molecule has 0 radical (unpaired) electrons. The molecule has 0 aliphatic carbocycles. The number of hydrogen-bond donors (Lipinski definition) is 1. The lowest BCUT2D eigenvalue weighted by Crippen LogP contribution is -2.34.